The lowest BCUT2D eigenvalue weighted by atomic mass is 9.96. The molecule has 36 heavy (non-hydrogen) atoms. The molecule has 0 unspecified atom stereocenters. The van der Waals surface area contributed by atoms with E-state index in [0.717, 1.165) is 28.9 Å². The van der Waals surface area contributed by atoms with Crippen molar-refractivity contribution in [3.8, 4) is 11.5 Å². The molecule has 0 saturated carbocycles. The molecule has 188 valence electrons. The first-order valence-corrected chi connectivity index (χ1v) is 12.7. The van der Waals surface area contributed by atoms with Gasteiger partial charge in [-0.25, -0.2) is 4.98 Å². The van der Waals surface area contributed by atoms with Gasteiger partial charge in [0.1, 0.15) is 24.0 Å². The topological polar surface area (TPSA) is 98.8 Å². The zero-order chi connectivity index (χ0) is 25.1. The molecule has 5 rings (SSSR count). The fourth-order valence-corrected chi connectivity index (χ4v) is 5.55. The number of para-hydroxylation sites is 1. The molecule has 2 aromatic carbocycles. The Balaban J connectivity index is 1.19. The first-order chi connectivity index (χ1) is 17.6. The maximum Gasteiger partial charge on any atom is 0.309 e. The molecule has 1 aliphatic heterocycles. The quantitative estimate of drug-likeness (QED) is 0.393. The molecule has 1 amide bonds. The van der Waals surface area contributed by atoms with Crippen molar-refractivity contribution in [1.82, 2.24) is 19.0 Å². The number of methoxy groups -OCH3 is 1. The molecule has 9 nitrogen and oxygen atoms in total. The van der Waals surface area contributed by atoms with Crippen molar-refractivity contribution < 1.29 is 19.4 Å². The second-order valence-corrected chi connectivity index (χ2v) is 9.73. The van der Waals surface area contributed by atoms with Crippen LogP contribution in [0.4, 0.5) is 0 Å². The summed E-state index contributed by atoms with van der Waals surface area (Å²) in [5, 5.41) is 9.35. The number of rotatable bonds is 8. The van der Waals surface area contributed by atoms with E-state index in [1.807, 2.05) is 39.9 Å². The van der Waals surface area contributed by atoms with E-state index in [1.54, 1.807) is 29.0 Å². The van der Waals surface area contributed by atoms with Crippen molar-refractivity contribution in [2.45, 2.75) is 32.0 Å². The summed E-state index contributed by atoms with van der Waals surface area (Å²) in [5.74, 6) is 2.12. The minimum absolute atomic E-state index is 0.0138. The van der Waals surface area contributed by atoms with Crippen LogP contribution in [0.2, 0.25) is 0 Å². The predicted molar refractivity (Wildman–Crippen MR) is 137 cm³/mol. The Kier molecular flexibility index (Phi) is 7.06. The molecular formula is C26H28N4O5S. The van der Waals surface area contributed by atoms with Crippen LogP contribution in [-0.2, 0) is 18.1 Å². The van der Waals surface area contributed by atoms with Gasteiger partial charge in [-0.15, -0.1) is 0 Å². The number of carbonyl (C=O) groups excluding carboxylic acids is 1. The lowest BCUT2D eigenvalue weighted by molar-refractivity contribution is -0.134. The number of thiazole rings is 1. The van der Waals surface area contributed by atoms with Gasteiger partial charge in [0.25, 0.3) is 5.91 Å². The standard InChI is InChI=1S/C26H28N4O5S/c1-34-22-14-20(7-6-19(22)15-31)35-16-24(32)28-11-8-18(9-12-28)25-27-10-13-29(25)17-30-21-4-2-3-5-23(21)36-26(30)33/h2-7,10,13-14,18,31H,8-9,11-12,15-17H2,1H3. The van der Waals surface area contributed by atoms with Crippen molar-refractivity contribution in [1.29, 1.82) is 0 Å². The van der Waals surface area contributed by atoms with Crippen molar-refractivity contribution in [2.24, 2.45) is 0 Å². The van der Waals surface area contributed by atoms with Crippen LogP contribution in [0.1, 0.15) is 30.1 Å². The van der Waals surface area contributed by atoms with Gasteiger partial charge >= 0.3 is 4.87 Å². The molecular weight excluding hydrogens is 480 g/mol. The van der Waals surface area contributed by atoms with Gasteiger partial charge in [0.2, 0.25) is 0 Å². The zero-order valence-electron chi connectivity index (χ0n) is 20.0. The minimum atomic E-state index is -0.129. The molecule has 2 aromatic heterocycles. The summed E-state index contributed by atoms with van der Waals surface area (Å²) in [4.78, 5) is 31.8. The predicted octanol–water partition coefficient (Wildman–Crippen LogP) is 3.05. The first kappa shape index (κ1) is 24.1. The molecule has 1 N–H and O–H groups in total. The number of fused-ring (bicyclic) bond motifs is 1. The third-order valence-electron chi connectivity index (χ3n) is 6.62. The molecule has 1 aliphatic rings. The second-order valence-electron chi connectivity index (χ2n) is 8.74. The third kappa shape index (κ3) is 4.87. The van der Waals surface area contributed by atoms with E-state index in [2.05, 4.69) is 4.98 Å². The maximum absolute atomic E-state index is 12.8. The molecule has 4 aromatic rings. The summed E-state index contributed by atoms with van der Waals surface area (Å²) < 4.78 is 15.7. The maximum atomic E-state index is 12.8. The summed E-state index contributed by atoms with van der Waals surface area (Å²) in [6.07, 6.45) is 5.27. The average molecular weight is 509 g/mol. The van der Waals surface area contributed by atoms with Gasteiger partial charge in [-0.1, -0.05) is 23.5 Å². The van der Waals surface area contributed by atoms with E-state index >= 15 is 0 Å². The summed E-state index contributed by atoms with van der Waals surface area (Å²) in [7, 11) is 1.53. The summed E-state index contributed by atoms with van der Waals surface area (Å²) in [6.45, 7) is 1.47. The fraction of sp³-hybridized carbons (Fsp3) is 0.346. The van der Waals surface area contributed by atoms with Gasteiger partial charge < -0.3 is 24.0 Å². The largest absolute Gasteiger partial charge is 0.496 e. The van der Waals surface area contributed by atoms with Crippen molar-refractivity contribution >= 4 is 27.5 Å². The van der Waals surface area contributed by atoms with Crippen LogP contribution in [0, 0.1) is 0 Å². The van der Waals surface area contributed by atoms with E-state index in [9.17, 15) is 14.7 Å². The Bertz CT molecular complexity index is 1420. The number of amides is 1. The highest BCUT2D eigenvalue weighted by Crippen LogP contribution is 2.28. The van der Waals surface area contributed by atoms with Gasteiger partial charge in [-0.3, -0.25) is 14.2 Å². The molecule has 0 spiro atoms. The number of aliphatic hydroxyl groups excluding tert-OH is 1. The van der Waals surface area contributed by atoms with Crippen LogP contribution in [-0.4, -0.2) is 56.8 Å². The van der Waals surface area contributed by atoms with Crippen LogP contribution in [0.5, 0.6) is 11.5 Å². The monoisotopic (exact) mass is 508 g/mol. The number of imidazole rings is 1. The van der Waals surface area contributed by atoms with E-state index in [4.69, 9.17) is 9.47 Å². The van der Waals surface area contributed by atoms with Crippen LogP contribution >= 0.6 is 11.3 Å². The Hall–Kier alpha value is -3.63. The SMILES string of the molecule is COc1cc(OCC(=O)N2CCC(c3nccn3Cn3c(=O)sc4ccccc43)CC2)ccc1CO. The number of likely N-dealkylation sites (tertiary alicyclic amines) is 1. The normalized spacial score (nSPS) is 14.3. The first-order valence-electron chi connectivity index (χ1n) is 11.8. The summed E-state index contributed by atoms with van der Waals surface area (Å²) in [6, 6.07) is 12.9. The van der Waals surface area contributed by atoms with Crippen molar-refractivity contribution in [3.05, 3.63) is 75.9 Å². The number of nitrogens with zero attached hydrogens (tertiary/aromatic N) is 4. The van der Waals surface area contributed by atoms with E-state index in [1.165, 1.54) is 18.4 Å². The van der Waals surface area contributed by atoms with Gasteiger partial charge in [0.05, 0.1) is 23.9 Å². The van der Waals surface area contributed by atoms with Gasteiger partial charge in [-0.2, -0.15) is 0 Å². The molecule has 10 heteroatoms. The Morgan fingerprint density at radius 3 is 2.78 bits per heavy atom. The highest BCUT2D eigenvalue weighted by molar-refractivity contribution is 7.16. The van der Waals surface area contributed by atoms with Crippen LogP contribution in [0.15, 0.2) is 59.7 Å². The minimum Gasteiger partial charge on any atom is -0.496 e. The zero-order valence-corrected chi connectivity index (χ0v) is 20.8. The number of ether oxygens (including phenoxy) is 2. The lowest BCUT2D eigenvalue weighted by Gasteiger charge is -2.32. The number of carbonyl (C=O) groups is 1. The number of benzene rings is 2. The summed E-state index contributed by atoms with van der Waals surface area (Å²) in [5.41, 5.74) is 1.59. The van der Waals surface area contributed by atoms with E-state index < -0.39 is 0 Å². The number of aromatic nitrogens is 3. The molecule has 3 heterocycles. The number of hydrogen-bond acceptors (Lipinski definition) is 7. The number of aliphatic hydroxyl groups is 1. The Labute approximate surface area is 212 Å². The van der Waals surface area contributed by atoms with Crippen LogP contribution in [0.3, 0.4) is 0 Å². The molecule has 1 saturated heterocycles. The molecule has 0 atom stereocenters. The summed E-state index contributed by atoms with van der Waals surface area (Å²) >= 11 is 1.25. The Morgan fingerprint density at radius 2 is 2.00 bits per heavy atom. The fourth-order valence-electron chi connectivity index (χ4n) is 4.67. The number of hydrogen-bond donors (Lipinski definition) is 1. The van der Waals surface area contributed by atoms with Gasteiger partial charge in [0, 0.05) is 43.0 Å². The van der Waals surface area contributed by atoms with E-state index in [0.29, 0.717) is 36.8 Å². The molecule has 0 aliphatic carbocycles. The third-order valence-corrected chi connectivity index (χ3v) is 7.58. The lowest BCUT2D eigenvalue weighted by Crippen LogP contribution is -2.41. The average Bonchev–Trinajstić information content (AvgIpc) is 3.51. The van der Waals surface area contributed by atoms with E-state index in [-0.39, 0.29) is 29.9 Å². The molecule has 0 radical (unpaired) electrons. The second kappa shape index (κ2) is 10.5. The van der Waals surface area contributed by atoms with Crippen molar-refractivity contribution in [3.63, 3.8) is 0 Å². The molecule has 0 bridgehead atoms. The van der Waals surface area contributed by atoms with Crippen LogP contribution < -0.4 is 14.3 Å². The van der Waals surface area contributed by atoms with Crippen LogP contribution in [0.25, 0.3) is 10.2 Å². The Morgan fingerprint density at radius 1 is 1.19 bits per heavy atom. The molecule has 1 fully saturated rings. The van der Waals surface area contributed by atoms with Crippen molar-refractivity contribution in [2.75, 3.05) is 26.8 Å². The highest BCUT2D eigenvalue weighted by Gasteiger charge is 2.27. The smallest absolute Gasteiger partial charge is 0.309 e. The van der Waals surface area contributed by atoms with Gasteiger partial charge in [0.15, 0.2) is 6.61 Å². The number of piperidine rings is 1. The highest BCUT2D eigenvalue weighted by atomic mass is 32.1. The van der Waals surface area contributed by atoms with Gasteiger partial charge in [-0.05, 0) is 37.1 Å².